The number of benzene rings is 2. The van der Waals surface area contributed by atoms with E-state index in [9.17, 15) is 13.2 Å². The van der Waals surface area contributed by atoms with E-state index in [1.165, 1.54) is 19.2 Å². The third-order valence-corrected chi connectivity index (χ3v) is 7.83. The van der Waals surface area contributed by atoms with Crippen molar-refractivity contribution in [3.8, 4) is 28.7 Å². The number of anilines is 1. The van der Waals surface area contributed by atoms with Gasteiger partial charge >= 0.3 is 0 Å². The number of hydrogen-bond donors (Lipinski definition) is 1. The molecular weight excluding hydrogens is 474 g/mol. The van der Waals surface area contributed by atoms with E-state index in [4.69, 9.17) is 24.4 Å². The van der Waals surface area contributed by atoms with Gasteiger partial charge in [-0.15, -0.1) is 0 Å². The lowest BCUT2D eigenvalue weighted by atomic mass is 9.96. The summed E-state index contributed by atoms with van der Waals surface area (Å²) in [6.45, 7) is 1.53. The zero-order chi connectivity index (χ0) is 24.6. The first kappa shape index (κ1) is 23.0. The molecule has 10 nitrogen and oxygen atoms in total. The lowest BCUT2D eigenvalue weighted by Gasteiger charge is -2.30. The van der Waals surface area contributed by atoms with E-state index in [1.807, 2.05) is 0 Å². The van der Waals surface area contributed by atoms with E-state index < -0.39 is 9.84 Å². The molecule has 0 atom stereocenters. The topological polar surface area (TPSA) is 134 Å². The Morgan fingerprint density at radius 1 is 1.09 bits per heavy atom. The third-order valence-electron chi connectivity index (χ3n) is 6.18. The fraction of sp³-hybridized carbons (Fsp3) is 0.333. The molecule has 3 aromatic rings. The van der Waals surface area contributed by atoms with Crippen LogP contribution in [0.25, 0.3) is 11.5 Å². The molecule has 0 spiro atoms. The first-order valence-electron chi connectivity index (χ1n) is 11.2. The average Bonchev–Trinajstić information content (AvgIpc) is 3.34. The Morgan fingerprint density at radius 3 is 2.51 bits per heavy atom. The van der Waals surface area contributed by atoms with E-state index in [0.29, 0.717) is 62.0 Å². The van der Waals surface area contributed by atoms with Crippen molar-refractivity contribution < 1.29 is 31.8 Å². The van der Waals surface area contributed by atoms with Gasteiger partial charge in [-0.3, -0.25) is 4.79 Å². The lowest BCUT2D eigenvalue weighted by molar-refractivity contribution is -0.122. The van der Waals surface area contributed by atoms with Gasteiger partial charge in [-0.2, -0.15) is 4.98 Å². The number of hydrogen-bond acceptors (Lipinski definition) is 9. The lowest BCUT2D eigenvalue weighted by Crippen LogP contribution is -2.38. The minimum absolute atomic E-state index is 0.00917. The summed E-state index contributed by atoms with van der Waals surface area (Å²) in [6, 6.07) is 11.5. The summed E-state index contributed by atoms with van der Waals surface area (Å²) < 4.78 is 50.2. The molecule has 2 aromatic carbocycles. The maximum Gasteiger partial charge on any atom is 0.236 e. The molecule has 5 rings (SSSR count). The molecule has 11 heteroatoms. The van der Waals surface area contributed by atoms with Crippen LogP contribution >= 0.6 is 0 Å². The highest BCUT2D eigenvalue weighted by Crippen LogP contribution is 2.40. The van der Waals surface area contributed by atoms with Crippen molar-refractivity contribution in [2.75, 3.05) is 38.3 Å². The number of amides is 1. The molecular formula is C24H25N3O7S. The number of methoxy groups -OCH3 is 1. The molecule has 2 aliphatic rings. The number of para-hydroxylation sites is 1. The normalized spacial score (nSPS) is 16.2. The summed E-state index contributed by atoms with van der Waals surface area (Å²) in [6.07, 6.45) is 0.979. The largest absolute Gasteiger partial charge is 0.496 e. The second-order valence-electron chi connectivity index (χ2n) is 8.30. The number of piperidine rings is 1. The van der Waals surface area contributed by atoms with Gasteiger partial charge < -0.3 is 29.3 Å². The van der Waals surface area contributed by atoms with Gasteiger partial charge in [0.1, 0.15) is 19.0 Å². The minimum atomic E-state index is -4.10. The third kappa shape index (κ3) is 4.27. The summed E-state index contributed by atoms with van der Waals surface area (Å²) in [7, 11) is -2.59. The summed E-state index contributed by atoms with van der Waals surface area (Å²) in [5.74, 6) is 0.945. The quantitative estimate of drug-likeness (QED) is 0.543. The molecule has 35 heavy (non-hydrogen) atoms. The van der Waals surface area contributed by atoms with Gasteiger partial charge in [-0.1, -0.05) is 12.1 Å². The van der Waals surface area contributed by atoms with Crippen LogP contribution in [0.2, 0.25) is 0 Å². The first-order chi connectivity index (χ1) is 16.9. The number of aromatic nitrogens is 1. The van der Waals surface area contributed by atoms with Gasteiger partial charge in [-0.05, 0) is 37.1 Å². The number of fused-ring (bicyclic) bond motifs is 1. The van der Waals surface area contributed by atoms with Crippen LogP contribution in [0.5, 0.6) is 17.2 Å². The maximum atomic E-state index is 13.8. The Labute approximate surface area is 202 Å². The van der Waals surface area contributed by atoms with Crippen molar-refractivity contribution in [3.05, 3.63) is 42.5 Å². The molecule has 0 aliphatic carbocycles. The van der Waals surface area contributed by atoms with Crippen LogP contribution < -0.4 is 24.8 Å². The molecule has 0 radical (unpaired) electrons. The van der Waals surface area contributed by atoms with Crippen molar-refractivity contribution in [1.82, 2.24) is 4.98 Å². The second kappa shape index (κ2) is 9.14. The van der Waals surface area contributed by atoms with Crippen LogP contribution in [0.1, 0.15) is 12.8 Å². The Bertz CT molecular complexity index is 1360. The second-order valence-corrected chi connectivity index (χ2v) is 10.2. The van der Waals surface area contributed by atoms with E-state index in [2.05, 4.69) is 4.98 Å². The summed E-state index contributed by atoms with van der Waals surface area (Å²) >= 11 is 0. The van der Waals surface area contributed by atoms with E-state index in [1.54, 1.807) is 35.2 Å². The zero-order valence-electron chi connectivity index (χ0n) is 19.1. The first-order valence-corrected chi connectivity index (χ1v) is 12.7. The number of sulfone groups is 1. The number of carbonyl (C=O) groups excluding carboxylic acids is 1. The Kier molecular flexibility index (Phi) is 6.01. The highest BCUT2D eigenvalue weighted by Gasteiger charge is 2.35. The van der Waals surface area contributed by atoms with Gasteiger partial charge in [-0.25, -0.2) is 8.42 Å². The predicted molar refractivity (Wildman–Crippen MR) is 126 cm³/mol. The van der Waals surface area contributed by atoms with E-state index in [0.717, 1.165) is 0 Å². The molecule has 0 saturated carbocycles. The fourth-order valence-corrected chi connectivity index (χ4v) is 5.62. The minimum Gasteiger partial charge on any atom is -0.496 e. The maximum absolute atomic E-state index is 13.8. The van der Waals surface area contributed by atoms with Crippen molar-refractivity contribution in [2.45, 2.75) is 22.8 Å². The molecule has 1 aromatic heterocycles. The molecule has 0 unspecified atom stereocenters. The summed E-state index contributed by atoms with van der Waals surface area (Å²) in [4.78, 5) is 17.9. The number of ether oxygens (including phenoxy) is 3. The fourth-order valence-electron chi connectivity index (χ4n) is 4.28. The molecule has 184 valence electrons. The van der Waals surface area contributed by atoms with Crippen molar-refractivity contribution in [1.29, 1.82) is 0 Å². The van der Waals surface area contributed by atoms with Crippen molar-refractivity contribution in [2.24, 2.45) is 11.7 Å². The highest BCUT2D eigenvalue weighted by molar-refractivity contribution is 7.91. The van der Waals surface area contributed by atoms with Crippen LogP contribution in [-0.2, 0) is 14.6 Å². The predicted octanol–water partition coefficient (Wildman–Crippen LogP) is 2.66. The van der Waals surface area contributed by atoms with E-state index in [-0.39, 0.29) is 33.5 Å². The Balaban J connectivity index is 1.60. The van der Waals surface area contributed by atoms with Gasteiger partial charge in [0.2, 0.25) is 32.5 Å². The van der Waals surface area contributed by atoms with Crippen LogP contribution in [-0.4, -0.2) is 52.7 Å². The number of carbonyl (C=O) groups is 1. The molecule has 1 saturated heterocycles. The monoisotopic (exact) mass is 499 g/mol. The van der Waals surface area contributed by atoms with Crippen LogP contribution in [0.15, 0.2) is 56.8 Å². The molecule has 2 N–H and O–H groups in total. The Hall–Kier alpha value is -3.73. The number of oxazole rings is 1. The Morgan fingerprint density at radius 2 is 1.80 bits per heavy atom. The van der Waals surface area contributed by atoms with Crippen LogP contribution in [0.3, 0.4) is 0 Å². The standard InChI is InChI=1S/C24H25N3O7S/c1-31-18-5-3-2-4-17(18)22-26-23(24(34-22)27-10-8-15(9-11-27)21(25)28)35(29,30)16-6-7-19-20(14-16)33-13-12-32-19/h2-7,14-15H,8-13H2,1H3,(H2,25,28). The highest BCUT2D eigenvalue weighted by atomic mass is 32.2. The molecule has 3 heterocycles. The summed E-state index contributed by atoms with van der Waals surface area (Å²) in [5.41, 5.74) is 5.99. The number of primary amides is 1. The van der Waals surface area contributed by atoms with E-state index >= 15 is 0 Å². The van der Waals surface area contributed by atoms with Gasteiger partial charge in [0.15, 0.2) is 11.5 Å². The molecule has 1 fully saturated rings. The molecule has 2 aliphatic heterocycles. The number of nitrogens with two attached hydrogens (primary N) is 1. The average molecular weight is 500 g/mol. The van der Waals surface area contributed by atoms with Gasteiger partial charge in [0.05, 0.1) is 17.6 Å². The van der Waals surface area contributed by atoms with Crippen molar-refractivity contribution >= 4 is 21.6 Å². The SMILES string of the molecule is COc1ccccc1-c1nc(S(=O)(=O)c2ccc3c(c2)OCCO3)c(N2CCC(C(N)=O)CC2)o1. The number of nitrogens with zero attached hydrogens (tertiary/aromatic N) is 2. The molecule has 0 bridgehead atoms. The van der Waals surface area contributed by atoms with Gasteiger partial charge in [0.25, 0.3) is 0 Å². The van der Waals surface area contributed by atoms with Crippen molar-refractivity contribution in [3.63, 3.8) is 0 Å². The smallest absolute Gasteiger partial charge is 0.236 e. The number of rotatable bonds is 6. The van der Waals surface area contributed by atoms with Crippen LogP contribution in [0.4, 0.5) is 5.88 Å². The summed E-state index contributed by atoms with van der Waals surface area (Å²) in [5, 5.41) is -0.215. The molecule has 1 amide bonds. The zero-order valence-corrected chi connectivity index (χ0v) is 19.9. The van der Waals surface area contributed by atoms with Crippen LogP contribution in [0, 0.1) is 5.92 Å². The van der Waals surface area contributed by atoms with Gasteiger partial charge in [0, 0.05) is 25.1 Å².